The maximum absolute atomic E-state index is 11.1. The minimum atomic E-state index is -0.680. The summed E-state index contributed by atoms with van der Waals surface area (Å²) in [6, 6.07) is 0. The van der Waals surface area contributed by atoms with Crippen LogP contribution in [0.2, 0.25) is 0 Å². The first-order valence-corrected chi connectivity index (χ1v) is 3.51. The number of aromatic amines is 3. The average molecular weight is 182 g/mol. The van der Waals surface area contributed by atoms with Gasteiger partial charge in [0.2, 0.25) is 0 Å². The topological polar surface area (TPSA) is 104 Å². The third-order valence-corrected chi connectivity index (χ3v) is 1.75. The van der Waals surface area contributed by atoms with Gasteiger partial charge < -0.3 is 0 Å². The van der Waals surface area contributed by atoms with Crippen molar-refractivity contribution in [2.45, 2.75) is 0 Å². The summed E-state index contributed by atoms with van der Waals surface area (Å²) in [5.41, 5.74) is -1.64. The van der Waals surface area contributed by atoms with E-state index in [0.717, 1.165) is 0 Å². The second-order valence-corrected chi connectivity index (χ2v) is 2.63. The van der Waals surface area contributed by atoms with Crippen LogP contribution in [0.5, 0.6) is 0 Å². The molecule has 0 saturated heterocycles. The third-order valence-electron chi connectivity index (χ3n) is 1.75. The fourth-order valence-electron chi connectivity index (χ4n) is 1.20. The molecule has 0 aliphatic rings. The highest BCUT2D eigenvalue weighted by molar-refractivity contribution is 5.72. The number of fused-ring (bicyclic) bond motifs is 1. The van der Waals surface area contributed by atoms with E-state index in [9.17, 15) is 14.4 Å². The van der Waals surface area contributed by atoms with Crippen LogP contribution in [-0.2, 0) is 7.05 Å². The van der Waals surface area contributed by atoms with Gasteiger partial charge >= 0.3 is 5.69 Å². The van der Waals surface area contributed by atoms with Crippen LogP contribution >= 0.6 is 0 Å². The summed E-state index contributed by atoms with van der Waals surface area (Å²) in [7, 11) is 1.53. The Morgan fingerprint density at radius 2 is 1.77 bits per heavy atom. The van der Waals surface area contributed by atoms with E-state index in [-0.39, 0.29) is 11.0 Å². The van der Waals surface area contributed by atoms with E-state index in [1.165, 1.54) is 11.7 Å². The van der Waals surface area contributed by atoms with E-state index in [4.69, 9.17) is 0 Å². The Kier molecular flexibility index (Phi) is 1.30. The number of aromatic nitrogens is 4. The van der Waals surface area contributed by atoms with Crippen LogP contribution < -0.4 is 16.8 Å². The van der Waals surface area contributed by atoms with Crippen LogP contribution in [0.1, 0.15) is 0 Å². The first-order valence-electron chi connectivity index (χ1n) is 3.51. The van der Waals surface area contributed by atoms with Crippen LogP contribution in [0.25, 0.3) is 11.0 Å². The van der Waals surface area contributed by atoms with Gasteiger partial charge in [-0.2, -0.15) is 0 Å². The number of rotatable bonds is 0. The first kappa shape index (κ1) is 7.59. The second kappa shape index (κ2) is 2.22. The van der Waals surface area contributed by atoms with Crippen molar-refractivity contribution in [3.63, 3.8) is 0 Å². The zero-order valence-corrected chi connectivity index (χ0v) is 6.67. The van der Waals surface area contributed by atoms with E-state index in [1.807, 2.05) is 4.98 Å². The van der Waals surface area contributed by atoms with Crippen molar-refractivity contribution >= 4 is 11.0 Å². The molecular formula is C6H6N4O3. The summed E-state index contributed by atoms with van der Waals surface area (Å²) in [6.45, 7) is 0. The molecule has 2 aromatic rings. The van der Waals surface area contributed by atoms with Crippen LogP contribution in [0.4, 0.5) is 0 Å². The minimum Gasteiger partial charge on any atom is -0.291 e. The Labute approximate surface area is 70.0 Å². The maximum atomic E-state index is 11.1. The number of aryl methyl sites for hydroxylation is 1. The molecule has 7 heteroatoms. The van der Waals surface area contributed by atoms with E-state index >= 15 is 0 Å². The maximum Gasteiger partial charge on any atom is 0.327 e. The molecule has 0 spiro atoms. The molecule has 0 bridgehead atoms. The molecule has 2 aromatic heterocycles. The fourth-order valence-corrected chi connectivity index (χ4v) is 1.20. The van der Waals surface area contributed by atoms with Gasteiger partial charge in [0, 0.05) is 7.05 Å². The summed E-state index contributed by atoms with van der Waals surface area (Å²) in [5.74, 6) is 0. The van der Waals surface area contributed by atoms with Crippen molar-refractivity contribution in [2.75, 3.05) is 0 Å². The molecule has 0 unspecified atom stereocenters. The molecule has 0 saturated carbocycles. The molecule has 0 aliphatic heterocycles. The van der Waals surface area contributed by atoms with Gasteiger partial charge in [0.15, 0.2) is 0 Å². The van der Waals surface area contributed by atoms with Gasteiger partial charge in [-0.05, 0) is 0 Å². The van der Waals surface area contributed by atoms with E-state index in [2.05, 4.69) is 10.1 Å². The highest BCUT2D eigenvalue weighted by Gasteiger charge is 2.08. The highest BCUT2D eigenvalue weighted by Crippen LogP contribution is 1.93. The van der Waals surface area contributed by atoms with Gasteiger partial charge in [0.1, 0.15) is 11.0 Å². The summed E-state index contributed by atoms with van der Waals surface area (Å²) in [4.78, 5) is 37.4. The lowest BCUT2D eigenvalue weighted by Crippen LogP contribution is -2.24. The Morgan fingerprint density at radius 3 is 2.46 bits per heavy atom. The highest BCUT2D eigenvalue weighted by atomic mass is 16.2. The molecule has 2 heterocycles. The Morgan fingerprint density at radius 1 is 1.08 bits per heavy atom. The first-order chi connectivity index (χ1) is 6.09. The van der Waals surface area contributed by atoms with Crippen molar-refractivity contribution in [2.24, 2.45) is 7.05 Å². The summed E-state index contributed by atoms with van der Waals surface area (Å²) < 4.78 is 1.29. The van der Waals surface area contributed by atoms with Crippen LogP contribution in [0.3, 0.4) is 0 Å². The van der Waals surface area contributed by atoms with Crippen molar-refractivity contribution in [1.29, 1.82) is 0 Å². The monoisotopic (exact) mass is 182 g/mol. The number of nitrogens with zero attached hydrogens (tertiary/aromatic N) is 1. The molecule has 0 fully saturated rings. The van der Waals surface area contributed by atoms with Crippen molar-refractivity contribution in [1.82, 2.24) is 19.7 Å². The van der Waals surface area contributed by atoms with Crippen LogP contribution in [0, 0.1) is 0 Å². The molecule has 7 nitrogen and oxygen atoms in total. The van der Waals surface area contributed by atoms with Crippen molar-refractivity contribution < 1.29 is 0 Å². The standard InChI is InChI=1S/C6H6N4O3/c1-10-3-2(5(12)9-10)4(11)8-6(13)7-3/h1H3,(H,9,12)(H2,7,8,11,13). The SMILES string of the molecule is Cn1[nH]c(=O)c2c(=O)[nH]c(=O)[nH]c21. The number of nitrogens with one attached hydrogen (secondary N) is 3. The van der Waals surface area contributed by atoms with Gasteiger partial charge in [-0.15, -0.1) is 0 Å². The lowest BCUT2D eigenvalue weighted by molar-refractivity contribution is 0.771. The van der Waals surface area contributed by atoms with E-state index < -0.39 is 16.8 Å². The largest absolute Gasteiger partial charge is 0.327 e. The van der Waals surface area contributed by atoms with Crippen molar-refractivity contribution in [3.8, 4) is 0 Å². The molecule has 0 radical (unpaired) electrons. The zero-order chi connectivity index (χ0) is 9.59. The van der Waals surface area contributed by atoms with Crippen LogP contribution in [0.15, 0.2) is 14.4 Å². The minimum absolute atomic E-state index is 0.0675. The lowest BCUT2D eigenvalue weighted by atomic mass is 10.4. The Balaban J connectivity index is 3.25. The predicted octanol–water partition coefficient (Wildman–Crippen LogP) is -1.76. The third kappa shape index (κ3) is 0.934. The second-order valence-electron chi connectivity index (χ2n) is 2.63. The lowest BCUT2D eigenvalue weighted by Gasteiger charge is -1.91. The number of hydrogen-bond acceptors (Lipinski definition) is 3. The van der Waals surface area contributed by atoms with E-state index in [0.29, 0.717) is 0 Å². The van der Waals surface area contributed by atoms with Crippen LogP contribution in [-0.4, -0.2) is 19.7 Å². The van der Waals surface area contributed by atoms with Gasteiger partial charge in [-0.25, -0.2) is 4.79 Å². The molecule has 0 atom stereocenters. The molecule has 0 aliphatic carbocycles. The smallest absolute Gasteiger partial charge is 0.291 e. The Hall–Kier alpha value is -2.05. The zero-order valence-electron chi connectivity index (χ0n) is 6.67. The normalized spacial score (nSPS) is 10.8. The predicted molar refractivity (Wildman–Crippen MR) is 44.8 cm³/mol. The quantitative estimate of drug-likeness (QED) is 0.449. The summed E-state index contributed by atoms with van der Waals surface area (Å²) in [5, 5.41) is 2.29. The van der Waals surface area contributed by atoms with Gasteiger partial charge in [-0.1, -0.05) is 0 Å². The summed E-state index contributed by atoms with van der Waals surface area (Å²) in [6.07, 6.45) is 0. The molecule has 13 heavy (non-hydrogen) atoms. The molecule has 0 amide bonds. The Bertz CT molecular complexity index is 626. The molecular weight excluding hydrogens is 176 g/mol. The molecule has 3 N–H and O–H groups in total. The number of H-pyrrole nitrogens is 3. The summed E-state index contributed by atoms with van der Waals surface area (Å²) >= 11 is 0. The fraction of sp³-hybridized carbons (Fsp3) is 0.167. The van der Waals surface area contributed by atoms with Gasteiger partial charge in [0.05, 0.1) is 0 Å². The molecule has 68 valence electrons. The average Bonchev–Trinajstić information content (AvgIpc) is 2.27. The van der Waals surface area contributed by atoms with E-state index in [1.54, 1.807) is 0 Å². The molecule has 0 aromatic carbocycles. The van der Waals surface area contributed by atoms with Crippen molar-refractivity contribution in [3.05, 3.63) is 31.2 Å². The molecule has 2 rings (SSSR count). The number of hydrogen-bond donors (Lipinski definition) is 3. The van der Waals surface area contributed by atoms with Gasteiger partial charge in [0.25, 0.3) is 11.1 Å². The van der Waals surface area contributed by atoms with Gasteiger partial charge in [-0.3, -0.25) is 29.3 Å².